The first-order valence-electron chi connectivity index (χ1n) is 9.16. The number of amides is 1. The summed E-state index contributed by atoms with van der Waals surface area (Å²) in [7, 11) is 0. The maximum absolute atomic E-state index is 13.7. The van der Waals surface area contributed by atoms with E-state index in [0.717, 1.165) is 17.7 Å². The van der Waals surface area contributed by atoms with E-state index < -0.39 is 29.3 Å². The Morgan fingerprint density at radius 3 is 2.39 bits per heavy atom. The van der Waals surface area contributed by atoms with E-state index in [-0.39, 0.29) is 6.10 Å². The molecule has 0 aliphatic rings. The molecule has 1 atom stereocenters. The molecule has 0 bridgehead atoms. The summed E-state index contributed by atoms with van der Waals surface area (Å²) in [5, 5.41) is 5.30. The molecule has 0 aliphatic carbocycles. The summed E-state index contributed by atoms with van der Waals surface area (Å²) in [4.78, 5) is 12.3. The first-order valence-corrected chi connectivity index (χ1v) is 9.16. The van der Waals surface area contributed by atoms with Crippen LogP contribution in [0.25, 0.3) is 0 Å². The van der Waals surface area contributed by atoms with Crippen molar-refractivity contribution in [1.82, 2.24) is 0 Å². The zero-order chi connectivity index (χ0) is 20.5. The Bertz CT molecular complexity index is 764. The SMILES string of the molecule is CC(C)OCCOCc1cccc(NC(C)C(=O)Nc2c(F)cccc2F)c1. The van der Waals surface area contributed by atoms with Gasteiger partial charge in [-0.1, -0.05) is 18.2 Å². The predicted molar refractivity (Wildman–Crippen MR) is 105 cm³/mol. The van der Waals surface area contributed by atoms with Crippen LogP contribution < -0.4 is 10.6 Å². The molecule has 7 heteroatoms. The fourth-order valence-electron chi connectivity index (χ4n) is 2.45. The van der Waals surface area contributed by atoms with Gasteiger partial charge in [0, 0.05) is 5.69 Å². The zero-order valence-electron chi connectivity index (χ0n) is 16.3. The minimum atomic E-state index is -0.818. The highest BCUT2D eigenvalue weighted by Gasteiger charge is 2.17. The Kier molecular flexibility index (Phi) is 8.35. The molecular formula is C21H26F2N2O3. The molecule has 0 aliphatic heterocycles. The highest BCUT2D eigenvalue weighted by molar-refractivity contribution is 5.96. The standard InChI is InChI=1S/C21H26F2N2O3/c1-14(2)28-11-10-27-13-16-6-4-7-17(12-16)24-15(3)21(26)25-20-18(22)8-5-9-19(20)23/h4-9,12,14-15,24H,10-11,13H2,1-3H3,(H,25,26). The van der Waals surface area contributed by atoms with E-state index in [1.54, 1.807) is 13.0 Å². The molecule has 0 heterocycles. The Labute approximate surface area is 164 Å². The summed E-state index contributed by atoms with van der Waals surface area (Å²) in [6.45, 7) is 6.97. The highest BCUT2D eigenvalue weighted by atomic mass is 19.1. The quantitative estimate of drug-likeness (QED) is 0.591. The van der Waals surface area contributed by atoms with E-state index in [1.807, 2.05) is 32.0 Å². The normalized spacial score (nSPS) is 12.1. The van der Waals surface area contributed by atoms with Gasteiger partial charge in [0.05, 0.1) is 25.9 Å². The molecule has 152 valence electrons. The molecule has 0 radical (unpaired) electrons. The predicted octanol–water partition coefficient (Wildman–Crippen LogP) is 4.35. The van der Waals surface area contributed by atoms with Gasteiger partial charge in [0.1, 0.15) is 23.4 Å². The molecule has 0 saturated heterocycles. The fraction of sp³-hybridized carbons (Fsp3) is 0.381. The number of hydrogen-bond acceptors (Lipinski definition) is 4. The number of anilines is 2. The highest BCUT2D eigenvalue weighted by Crippen LogP contribution is 2.19. The summed E-state index contributed by atoms with van der Waals surface area (Å²) in [6, 6.07) is 10.1. The molecule has 0 fully saturated rings. The summed E-state index contributed by atoms with van der Waals surface area (Å²) in [6.07, 6.45) is 0.168. The lowest BCUT2D eigenvalue weighted by atomic mass is 10.2. The van der Waals surface area contributed by atoms with Crippen molar-refractivity contribution in [3.63, 3.8) is 0 Å². The van der Waals surface area contributed by atoms with Crippen molar-refractivity contribution in [2.24, 2.45) is 0 Å². The number of hydrogen-bond donors (Lipinski definition) is 2. The van der Waals surface area contributed by atoms with Crippen LogP contribution in [-0.4, -0.2) is 31.3 Å². The number of rotatable bonds is 10. The number of ether oxygens (including phenoxy) is 2. The molecule has 5 nitrogen and oxygen atoms in total. The molecule has 0 aromatic heterocycles. The molecule has 0 saturated carbocycles. The smallest absolute Gasteiger partial charge is 0.246 e. The van der Waals surface area contributed by atoms with Crippen LogP contribution in [0.15, 0.2) is 42.5 Å². The van der Waals surface area contributed by atoms with Crippen LogP contribution in [0, 0.1) is 11.6 Å². The second-order valence-corrected chi connectivity index (χ2v) is 6.62. The average Bonchev–Trinajstić information content (AvgIpc) is 2.64. The monoisotopic (exact) mass is 392 g/mol. The van der Waals surface area contributed by atoms with E-state index in [1.165, 1.54) is 6.07 Å². The third-order valence-corrected chi connectivity index (χ3v) is 3.86. The van der Waals surface area contributed by atoms with Gasteiger partial charge in [-0.15, -0.1) is 0 Å². The average molecular weight is 392 g/mol. The fourth-order valence-corrected chi connectivity index (χ4v) is 2.45. The Morgan fingerprint density at radius 2 is 1.71 bits per heavy atom. The van der Waals surface area contributed by atoms with Crippen molar-refractivity contribution in [1.29, 1.82) is 0 Å². The summed E-state index contributed by atoms with van der Waals surface area (Å²) >= 11 is 0. The van der Waals surface area contributed by atoms with Crippen molar-refractivity contribution >= 4 is 17.3 Å². The molecule has 2 aromatic carbocycles. The topological polar surface area (TPSA) is 59.6 Å². The molecule has 0 spiro atoms. The van der Waals surface area contributed by atoms with Crippen molar-refractivity contribution in [2.75, 3.05) is 23.8 Å². The van der Waals surface area contributed by atoms with Crippen LogP contribution in [0.5, 0.6) is 0 Å². The van der Waals surface area contributed by atoms with Gasteiger partial charge in [-0.25, -0.2) is 8.78 Å². The van der Waals surface area contributed by atoms with Crippen molar-refractivity contribution in [2.45, 2.75) is 39.5 Å². The minimum absolute atomic E-state index is 0.168. The van der Waals surface area contributed by atoms with Gasteiger partial charge < -0.3 is 20.1 Å². The largest absolute Gasteiger partial charge is 0.376 e. The number of carbonyl (C=O) groups is 1. The van der Waals surface area contributed by atoms with E-state index in [0.29, 0.717) is 25.5 Å². The first kappa shape index (κ1) is 21.8. The van der Waals surface area contributed by atoms with E-state index in [9.17, 15) is 13.6 Å². The summed E-state index contributed by atoms with van der Waals surface area (Å²) in [5.74, 6) is -2.18. The number of para-hydroxylation sites is 1. The third kappa shape index (κ3) is 6.90. The summed E-state index contributed by atoms with van der Waals surface area (Å²) < 4.78 is 38.3. The zero-order valence-corrected chi connectivity index (χ0v) is 16.3. The molecule has 2 N–H and O–H groups in total. The number of benzene rings is 2. The van der Waals surface area contributed by atoms with E-state index >= 15 is 0 Å². The van der Waals surface area contributed by atoms with Gasteiger partial charge in [0.2, 0.25) is 5.91 Å². The van der Waals surface area contributed by atoms with Gasteiger partial charge in [0.25, 0.3) is 0 Å². The van der Waals surface area contributed by atoms with Crippen LogP contribution >= 0.6 is 0 Å². The molecule has 2 aromatic rings. The van der Waals surface area contributed by atoms with Crippen molar-refractivity contribution in [3.05, 3.63) is 59.7 Å². The first-order chi connectivity index (χ1) is 13.4. The number of carbonyl (C=O) groups excluding carboxylic acids is 1. The second kappa shape index (κ2) is 10.7. The van der Waals surface area contributed by atoms with Crippen LogP contribution in [-0.2, 0) is 20.9 Å². The van der Waals surface area contributed by atoms with Gasteiger partial charge in [-0.05, 0) is 50.6 Å². The van der Waals surface area contributed by atoms with Crippen LogP contribution in [0.3, 0.4) is 0 Å². The van der Waals surface area contributed by atoms with Gasteiger partial charge >= 0.3 is 0 Å². The maximum Gasteiger partial charge on any atom is 0.246 e. The van der Waals surface area contributed by atoms with E-state index in [4.69, 9.17) is 9.47 Å². The Balaban J connectivity index is 1.87. The Morgan fingerprint density at radius 1 is 1.04 bits per heavy atom. The molecule has 1 unspecified atom stereocenters. The minimum Gasteiger partial charge on any atom is -0.376 e. The van der Waals surface area contributed by atoms with Crippen molar-refractivity contribution < 1.29 is 23.0 Å². The van der Waals surface area contributed by atoms with Gasteiger partial charge in [-0.3, -0.25) is 4.79 Å². The lowest BCUT2D eigenvalue weighted by Crippen LogP contribution is -2.32. The lowest BCUT2D eigenvalue weighted by molar-refractivity contribution is -0.116. The van der Waals surface area contributed by atoms with Crippen LogP contribution in [0.1, 0.15) is 26.3 Å². The van der Waals surface area contributed by atoms with Gasteiger partial charge in [0.15, 0.2) is 0 Å². The summed E-state index contributed by atoms with van der Waals surface area (Å²) in [5.41, 5.74) is 1.19. The number of nitrogens with one attached hydrogen (secondary N) is 2. The molecule has 2 rings (SSSR count). The van der Waals surface area contributed by atoms with Crippen LogP contribution in [0.2, 0.25) is 0 Å². The second-order valence-electron chi connectivity index (χ2n) is 6.62. The number of halogens is 2. The lowest BCUT2D eigenvalue weighted by Gasteiger charge is -2.16. The molecular weight excluding hydrogens is 366 g/mol. The van der Waals surface area contributed by atoms with Crippen LogP contribution in [0.4, 0.5) is 20.2 Å². The van der Waals surface area contributed by atoms with Crippen molar-refractivity contribution in [3.8, 4) is 0 Å². The Hall–Kier alpha value is -2.51. The van der Waals surface area contributed by atoms with E-state index in [2.05, 4.69) is 10.6 Å². The van der Waals surface area contributed by atoms with Gasteiger partial charge in [-0.2, -0.15) is 0 Å². The third-order valence-electron chi connectivity index (χ3n) is 3.86. The maximum atomic E-state index is 13.7. The molecule has 28 heavy (non-hydrogen) atoms. The molecule has 1 amide bonds.